The molecule has 0 amide bonds. The van der Waals surface area contributed by atoms with Crippen LogP contribution in [0.1, 0.15) is 71.6 Å². The van der Waals surface area contributed by atoms with Crippen molar-refractivity contribution in [3.05, 3.63) is 173 Å². The van der Waals surface area contributed by atoms with Crippen molar-refractivity contribution < 1.29 is 14.3 Å². The van der Waals surface area contributed by atoms with Crippen LogP contribution in [-0.4, -0.2) is 52.6 Å². The lowest BCUT2D eigenvalue weighted by atomic mass is 10.1. The molecule has 15 heteroatoms. The summed E-state index contributed by atoms with van der Waals surface area (Å²) in [7, 11) is 1.31. The van der Waals surface area contributed by atoms with Gasteiger partial charge < -0.3 is 10.5 Å². The minimum atomic E-state index is -0.454. The number of nitrogen functional groups attached to an aromatic ring is 1. The number of aromatic nitrogens is 7. The number of methoxy groups -OCH3 is 1. The number of esters is 1. The second kappa shape index (κ2) is 22.3. The Kier molecular flexibility index (Phi) is 16.2. The lowest BCUT2D eigenvalue weighted by molar-refractivity contribution is -0.148. The van der Waals surface area contributed by atoms with Crippen molar-refractivity contribution >= 4 is 60.7 Å². The quantitative estimate of drug-likeness (QED) is 0.102. The highest BCUT2D eigenvalue weighted by Gasteiger charge is 2.31. The topological polar surface area (TPSA) is 177 Å². The average Bonchev–Trinajstić information content (AvgIpc) is 4.09. The molecule has 13 nitrogen and oxygen atoms in total. The Labute approximate surface area is 380 Å². The van der Waals surface area contributed by atoms with E-state index in [-0.39, 0.29) is 22.9 Å². The molecule has 2 N–H and O–H groups in total. The van der Waals surface area contributed by atoms with Crippen LogP contribution in [0, 0.1) is 30.1 Å². The summed E-state index contributed by atoms with van der Waals surface area (Å²) in [5, 5.41) is 0. The molecule has 7 aromatic rings. The first-order valence-corrected chi connectivity index (χ1v) is 21.6. The van der Waals surface area contributed by atoms with E-state index in [1.165, 1.54) is 7.11 Å². The molecule has 0 bridgehead atoms. The van der Waals surface area contributed by atoms with Gasteiger partial charge in [-0.15, -0.1) is 6.42 Å². The number of aryl methyl sites for hydroxylation is 2. The Morgan fingerprint density at radius 2 is 1.32 bits per heavy atom. The van der Waals surface area contributed by atoms with E-state index in [0.717, 1.165) is 93.3 Å². The SMILES string of the molecule is C#Cc1ccccn1.COC(=O)C1CCCC1=O.Nc1cc(Br)ccn1.O=c1c2c(nc3cc(Br)ccn13)CCC2.O=c1c2c(nc3cc(C#Cc4ccccn4)ccn13)CCC2. The second-order valence-electron chi connectivity index (χ2n) is 14.3. The molecule has 63 heavy (non-hydrogen) atoms. The molecule has 0 aliphatic heterocycles. The Morgan fingerprint density at radius 3 is 1.83 bits per heavy atom. The summed E-state index contributed by atoms with van der Waals surface area (Å²) in [4.78, 5) is 67.0. The first-order valence-electron chi connectivity index (χ1n) is 20.1. The minimum absolute atomic E-state index is 0.0341. The summed E-state index contributed by atoms with van der Waals surface area (Å²) < 4.78 is 9.59. The number of fused-ring (bicyclic) bond motifs is 4. The van der Waals surface area contributed by atoms with Gasteiger partial charge in [-0.1, -0.05) is 55.8 Å². The number of nitrogens with two attached hydrogens (primary N) is 1. The zero-order chi connectivity index (χ0) is 44.7. The Bertz CT molecular complexity index is 2960. The molecular formula is C48H42Br2N8O5. The van der Waals surface area contributed by atoms with Crippen molar-refractivity contribution in [1.82, 2.24) is 33.7 Å². The molecule has 3 aliphatic rings. The Hall–Kier alpha value is -6.81. The van der Waals surface area contributed by atoms with Gasteiger partial charge in [-0.3, -0.25) is 28.0 Å². The van der Waals surface area contributed by atoms with Gasteiger partial charge in [-0.25, -0.2) is 24.9 Å². The Morgan fingerprint density at radius 1 is 0.714 bits per heavy atom. The number of terminal acetylenes is 1. The standard InChI is InChI=1S/C18H13N3O.C11H9BrN2O.C7H5N.C7H10O3.C5H5BrN2/c22-18-15-5-3-6-16(15)20-17-12-13(9-11-21(17)18)7-8-14-4-1-2-10-19-14;12-7-4-5-14-10(6-7)13-9-3-1-2-8(9)11(14)15;1-2-7-5-3-4-6-8-7;1-10-7(9)5-3-2-4-6(5)8;6-4-1-2-8-5(7)3-4/h1-2,4,9-12H,3,5-6H2;4-6H,1-3H2;1,3-6H;5H,2-4H2,1H3;1-3H,(H2,7,8). The third kappa shape index (κ3) is 12.4. The van der Waals surface area contributed by atoms with E-state index in [1.54, 1.807) is 51.9 Å². The molecule has 318 valence electrons. The van der Waals surface area contributed by atoms with E-state index in [0.29, 0.717) is 30.0 Å². The van der Waals surface area contributed by atoms with Crippen molar-refractivity contribution in [1.29, 1.82) is 0 Å². The predicted octanol–water partition coefficient (Wildman–Crippen LogP) is 6.94. The van der Waals surface area contributed by atoms with Gasteiger partial charge in [0, 0.05) is 63.0 Å². The maximum absolute atomic E-state index is 12.4. The van der Waals surface area contributed by atoms with Gasteiger partial charge in [-0.2, -0.15) is 0 Å². The third-order valence-corrected chi connectivity index (χ3v) is 11.0. The number of pyridine rings is 5. The van der Waals surface area contributed by atoms with E-state index in [2.05, 4.69) is 79.3 Å². The number of carbonyl (C=O) groups is 2. The van der Waals surface area contributed by atoms with E-state index in [4.69, 9.17) is 12.2 Å². The maximum atomic E-state index is 12.4. The van der Waals surface area contributed by atoms with Gasteiger partial charge in [-0.05, 0) is 118 Å². The van der Waals surface area contributed by atoms with Crippen molar-refractivity contribution in [2.75, 3.05) is 12.8 Å². The molecule has 1 unspecified atom stereocenters. The molecule has 3 aliphatic carbocycles. The van der Waals surface area contributed by atoms with Crippen LogP contribution in [0.3, 0.4) is 0 Å². The maximum Gasteiger partial charge on any atom is 0.316 e. The molecule has 0 radical (unpaired) electrons. The molecule has 1 atom stereocenters. The number of hydrogen-bond donors (Lipinski definition) is 1. The van der Waals surface area contributed by atoms with Crippen LogP contribution in [0.15, 0.2) is 122 Å². The van der Waals surface area contributed by atoms with Crippen molar-refractivity contribution in [2.45, 2.75) is 57.8 Å². The van der Waals surface area contributed by atoms with Crippen LogP contribution < -0.4 is 16.9 Å². The van der Waals surface area contributed by atoms with Crippen LogP contribution >= 0.6 is 31.9 Å². The largest absolute Gasteiger partial charge is 0.468 e. The van der Waals surface area contributed by atoms with E-state index < -0.39 is 5.92 Å². The second-order valence-corrected chi connectivity index (χ2v) is 16.1. The van der Waals surface area contributed by atoms with Crippen LogP contribution in [0.4, 0.5) is 5.82 Å². The highest BCUT2D eigenvalue weighted by molar-refractivity contribution is 9.10. The van der Waals surface area contributed by atoms with E-state index >= 15 is 0 Å². The number of rotatable bonds is 1. The molecule has 0 spiro atoms. The smallest absolute Gasteiger partial charge is 0.316 e. The lowest BCUT2D eigenvalue weighted by Gasteiger charge is -2.04. The summed E-state index contributed by atoms with van der Waals surface area (Å²) >= 11 is 6.62. The van der Waals surface area contributed by atoms with Gasteiger partial charge in [0.2, 0.25) is 0 Å². The number of carbonyl (C=O) groups excluding carboxylic acids is 2. The highest BCUT2D eigenvalue weighted by Crippen LogP contribution is 2.22. The van der Waals surface area contributed by atoms with Crippen LogP contribution in [0.25, 0.3) is 11.3 Å². The number of ether oxygens (including phenoxy) is 1. The number of anilines is 1. The summed E-state index contributed by atoms with van der Waals surface area (Å²) in [5.41, 5.74) is 12.8. The monoisotopic (exact) mass is 968 g/mol. The molecular weight excluding hydrogens is 928 g/mol. The predicted molar refractivity (Wildman–Crippen MR) is 248 cm³/mol. The van der Waals surface area contributed by atoms with Gasteiger partial charge >= 0.3 is 5.97 Å². The number of hydrogen-bond acceptors (Lipinski definition) is 11. The van der Waals surface area contributed by atoms with E-state index in [1.807, 2.05) is 60.7 Å². The summed E-state index contributed by atoms with van der Waals surface area (Å²) in [5.74, 6) is 8.25. The molecule has 7 aromatic heterocycles. The normalized spacial score (nSPS) is 14.0. The van der Waals surface area contributed by atoms with Crippen LogP contribution in [0.5, 0.6) is 0 Å². The van der Waals surface area contributed by atoms with Crippen LogP contribution in [-0.2, 0) is 40.0 Å². The number of halogens is 2. The first-order chi connectivity index (χ1) is 30.5. The Balaban J connectivity index is 0.000000140. The van der Waals surface area contributed by atoms with Gasteiger partial charge in [0.05, 0.1) is 18.5 Å². The van der Waals surface area contributed by atoms with Crippen molar-refractivity contribution in [2.24, 2.45) is 5.92 Å². The van der Waals surface area contributed by atoms with Gasteiger partial charge in [0.25, 0.3) is 11.1 Å². The molecule has 10 rings (SSSR count). The zero-order valence-corrected chi connectivity index (χ0v) is 37.5. The number of nitrogens with zero attached hydrogens (tertiary/aromatic N) is 7. The molecule has 0 saturated heterocycles. The zero-order valence-electron chi connectivity index (χ0n) is 34.3. The van der Waals surface area contributed by atoms with Crippen molar-refractivity contribution in [3.63, 3.8) is 0 Å². The fraction of sp³-hybridized carbons (Fsp3) is 0.229. The van der Waals surface area contributed by atoms with Gasteiger partial charge in [0.15, 0.2) is 0 Å². The first kappa shape index (κ1) is 45.7. The van der Waals surface area contributed by atoms with Crippen molar-refractivity contribution in [3.8, 4) is 24.2 Å². The molecule has 1 fully saturated rings. The minimum Gasteiger partial charge on any atom is -0.468 e. The summed E-state index contributed by atoms with van der Waals surface area (Å²) in [6.45, 7) is 0. The highest BCUT2D eigenvalue weighted by atomic mass is 79.9. The number of Topliss-reactive ketones (excluding diaryl/α,β-unsaturated/α-hetero) is 1. The van der Waals surface area contributed by atoms with Gasteiger partial charge in [0.1, 0.15) is 40.2 Å². The molecule has 1 saturated carbocycles. The number of ketones is 1. The fourth-order valence-corrected chi connectivity index (χ4v) is 7.60. The summed E-state index contributed by atoms with van der Waals surface area (Å²) in [6.07, 6.45) is 21.3. The van der Waals surface area contributed by atoms with Crippen LogP contribution in [0.2, 0.25) is 0 Å². The fourth-order valence-electron chi connectivity index (χ4n) is 6.92. The third-order valence-electron chi connectivity index (χ3n) is 10.0. The lowest BCUT2D eigenvalue weighted by Crippen LogP contribution is -2.19. The summed E-state index contributed by atoms with van der Waals surface area (Å²) in [6, 6.07) is 22.1. The molecule has 0 aromatic carbocycles. The molecule has 7 heterocycles. The average molecular weight is 971 g/mol. The van der Waals surface area contributed by atoms with E-state index in [9.17, 15) is 19.2 Å².